The average molecular weight is 133 g/mol. The highest BCUT2D eigenvalue weighted by atomic mass is 31.0. The first kappa shape index (κ1) is 8.39. The van der Waals surface area contributed by atoms with Crippen molar-refractivity contribution in [2.24, 2.45) is 0 Å². The molecule has 0 aromatic heterocycles. The van der Waals surface area contributed by atoms with Crippen LogP contribution in [0.25, 0.3) is 0 Å². The van der Waals surface area contributed by atoms with Crippen molar-refractivity contribution in [3.05, 3.63) is 0 Å². The van der Waals surface area contributed by atoms with Crippen LogP contribution >= 0.6 is 9.24 Å². The molecule has 2 heteroatoms. The lowest BCUT2D eigenvalue weighted by atomic mass is 10.3. The van der Waals surface area contributed by atoms with E-state index in [1.54, 1.807) is 0 Å². The van der Waals surface area contributed by atoms with Gasteiger partial charge in [0.05, 0.1) is 0 Å². The van der Waals surface area contributed by atoms with Gasteiger partial charge in [-0.25, -0.2) is 0 Å². The minimum absolute atomic E-state index is 0.796. The maximum Gasteiger partial charge on any atom is 0.00391 e. The molecule has 1 aliphatic rings. The van der Waals surface area contributed by atoms with Crippen LogP contribution in [0.5, 0.6) is 0 Å². The van der Waals surface area contributed by atoms with Crippen molar-refractivity contribution in [2.45, 2.75) is 25.8 Å². The highest BCUT2D eigenvalue weighted by molar-refractivity contribution is 7.15. The smallest absolute Gasteiger partial charge is 0.00391 e. The van der Waals surface area contributed by atoms with E-state index in [1.165, 1.54) is 19.4 Å². The fourth-order valence-electron chi connectivity index (χ4n) is 0.859. The number of hydrogen-bond acceptors (Lipinski definition) is 1. The van der Waals surface area contributed by atoms with Gasteiger partial charge in [-0.1, -0.05) is 6.66 Å². The fraction of sp³-hybridized carbons (Fsp3) is 1.00. The van der Waals surface area contributed by atoms with E-state index in [9.17, 15) is 0 Å². The molecule has 1 N–H and O–H groups in total. The molecule has 2 atom stereocenters. The van der Waals surface area contributed by atoms with Gasteiger partial charge in [0.15, 0.2) is 0 Å². The van der Waals surface area contributed by atoms with Crippen LogP contribution in [-0.2, 0) is 0 Å². The van der Waals surface area contributed by atoms with Crippen molar-refractivity contribution in [2.75, 3.05) is 13.2 Å². The van der Waals surface area contributed by atoms with Crippen molar-refractivity contribution >= 4 is 9.24 Å². The van der Waals surface area contributed by atoms with Gasteiger partial charge in [-0.3, -0.25) is 0 Å². The fourth-order valence-corrected chi connectivity index (χ4v) is 0.859. The van der Waals surface area contributed by atoms with E-state index in [4.69, 9.17) is 0 Å². The van der Waals surface area contributed by atoms with Gasteiger partial charge < -0.3 is 5.32 Å². The van der Waals surface area contributed by atoms with Crippen LogP contribution in [0.4, 0.5) is 0 Å². The van der Waals surface area contributed by atoms with E-state index in [-0.39, 0.29) is 0 Å². The third-order valence-corrected chi connectivity index (χ3v) is 1.31. The zero-order valence-corrected chi connectivity index (χ0v) is 6.93. The van der Waals surface area contributed by atoms with Crippen molar-refractivity contribution in [3.63, 3.8) is 0 Å². The first-order valence-corrected chi connectivity index (χ1v) is 4.36. The van der Waals surface area contributed by atoms with Crippen molar-refractivity contribution in [3.8, 4) is 0 Å². The molecule has 1 rings (SSSR count). The van der Waals surface area contributed by atoms with Crippen LogP contribution in [0, 0.1) is 0 Å². The molecule has 0 aliphatic carbocycles. The highest BCUT2D eigenvalue weighted by Gasteiger charge is 2.05. The van der Waals surface area contributed by atoms with Gasteiger partial charge in [-0.05, 0) is 26.3 Å². The standard InChI is InChI=1S/C5H11N.CH5P/c1-5-3-2-4-6-5;1-2/h5-6H,2-4H2,1H3;2H2,1H3. The van der Waals surface area contributed by atoms with Gasteiger partial charge in [-0.15, -0.1) is 9.24 Å². The van der Waals surface area contributed by atoms with E-state index < -0.39 is 0 Å². The molecule has 0 aromatic rings. The third-order valence-electron chi connectivity index (χ3n) is 1.31. The van der Waals surface area contributed by atoms with E-state index in [0.29, 0.717) is 0 Å². The molecule has 1 saturated heterocycles. The zero-order chi connectivity index (χ0) is 6.41. The van der Waals surface area contributed by atoms with Gasteiger partial charge in [0, 0.05) is 6.04 Å². The third kappa shape index (κ3) is 3.40. The molecule has 0 spiro atoms. The number of rotatable bonds is 0. The molecule has 1 aliphatic heterocycles. The van der Waals surface area contributed by atoms with E-state index in [2.05, 4.69) is 21.5 Å². The molecule has 50 valence electrons. The summed E-state index contributed by atoms with van der Waals surface area (Å²) in [6.45, 7) is 5.38. The molecule has 1 nitrogen and oxygen atoms in total. The Bertz CT molecular complexity index is 41.8. The molecular formula is C6H16NP. The van der Waals surface area contributed by atoms with Gasteiger partial charge in [0.1, 0.15) is 0 Å². The van der Waals surface area contributed by atoms with Crippen molar-refractivity contribution in [1.29, 1.82) is 0 Å². The highest BCUT2D eigenvalue weighted by Crippen LogP contribution is 2.01. The average Bonchev–Trinajstić information content (AvgIpc) is 2.24. The first-order valence-electron chi connectivity index (χ1n) is 3.21. The summed E-state index contributed by atoms with van der Waals surface area (Å²) >= 11 is 0. The van der Waals surface area contributed by atoms with Crippen LogP contribution in [-0.4, -0.2) is 19.3 Å². The largest absolute Gasteiger partial charge is 0.314 e. The maximum atomic E-state index is 3.32. The lowest BCUT2D eigenvalue weighted by Gasteiger charge is -1.95. The minimum atomic E-state index is 0.796. The zero-order valence-electron chi connectivity index (χ0n) is 5.78. The lowest BCUT2D eigenvalue weighted by Crippen LogP contribution is -2.16. The summed E-state index contributed by atoms with van der Waals surface area (Å²) in [6.07, 6.45) is 2.75. The van der Waals surface area contributed by atoms with E-state index in [1.807, 2.05) is 6.66 Å². The topological polar surface area (TPSA) is 12.0 Å². The Hall–Kier alpha value is 0.390. The van der Waals surface area contributed by atoms with Crippen molar-refractivity contribution in [1.82, 2.24) is 5.32 Å². The molecule has 2 unspecified atom stereocenters. The Labute approximate surface area is 54.4 Å². The molecule has 0 bridgehead atoms. The van der Waals surface area contributed by atoms with Gasteiger partial charge in [0.25, 0.3) is 0 Å². The number of nitrogens with one attached hydrogen (secondary N) is 1. The molecule has 0 aromatic carbocycles. The van der Waals surface area contributed by atoms with E-state index >= 15 is 0 Å². The second kappa shape index (κ2) is 5.53. The molecule has 0 radical (unpaired) electrons. The second-order valence-electron chi connectivity index (χ2n) is 2.00. The molecule has 8 heavy (non-hydrogen) atoms. The lowest BCUT2D eigenvalue weighted by molar-refractivity contribution is 0.664. The van der Waals surface area contributed by atoms with Crippen molar-refractivity contribution < 1.29 is 0 Å². The van der Waals surface area contributed by atoms with Crippen LogP contribution in [0.1, 0.15) is 19.8 Å². The predicted octanol–water partition coefficient (Wildman–Crippen LogP) is 1.25. The van der Waals surface area contributed by atoms with Crippen LogP contribution < -0.4 is 5.32 Å². The molecule has 1 heterocycles. The SMILES string of the molecule is CC1CCCN1.CP. The van der Waals surface area contributed by atoms with Crippen LogP contribution in [0.2, 0.25) is 0 Å². The summed E-state index contributed by atoms with van der Waals surface area (Å²) < 4.78 is 0. The molecule has 0 amide bonds. The van der Waals surface area contributed by atoms with Gasteiger partial charge in [0.2, 0.25) is 0 Å². The Morgan fingerprint density at radius 1 is 1.50 bits per heavy atom. The minimum Gasteiger partial charge on any atom is -0.314 e. The normalized spacial score (nSPS) is 26.6. The maximum absolute atomic E-state index is 3.32. The van der Waals surface area contributed by atoms with Crippen LogP contribution in [0.3, 0.4) is 0 Å². The Morgan fingerprint density at radius 2 is 2.12 bits per heavy atom. The Kier molecular flexibility index (Phi) is 5.79. The molecular weight excluding hydrogens is 117 g/mol. The summed E-state index contributed by atoms with van der Waals surface area (Å²) in [6, 6.07) is 0.796. The predicted molar refractivity (Wildman–Crippen MR) is 42.3 cm³/mol. The van der Waals surface area contributed by atoms with Gasteiger partial charge >= 0.3 is 0 Å². The summed E-state index contributed by atoms with van der Waals surface area (Å²) in [5, 5.41) is 3.32. The van der Waals surface area contributed by atoms with Crippen LogP contribution in [0.15, 0.2) is 0 Å². The quantitative estimate of drug-likeness (QED) is 0.490. The Balaban J connectivity index is 0.000000222. The monoisotopic (exact) mass is 133 g/mol. The summed E-state index contributed by atoms with van der Waals surface area (Å²) in [5.41, 5.74) is 0. The summed E-state index contributed by atoms with van der Waals surface area (Å²) in [4.78, 5) is 0. The summed E-state index contributed by atoms with van der Waals surface area (Å²) in [5.74, 6) is 0. The second-order valence-corrected chi connectivity index (χ2v) is 2.00. The molecule has 0 saturated carbocycles. The van der Waals surface area contributed by atoms with E-state index in [0.717, 1.165) is 6.04 Å². The first-order chi connectivity index (χ1) is 3.89. The molecule has 1 fully saturated rings. The Morgan fingerprint density at radius 3 is 2.25 bits per heavy atom. The van der Waals surface area contributed by atoms with Gasteiger partial charge in [-0.2, -0.15) is 0 Å². The number of hydrogen-bond donors (Lipinski definition) is 1. The summed E-state index contributed by atoms with van der Waals surface area (Å²) in [7, 11) is 2.42.